The number of para-hydroxylation sites is 1. The third kappa shape index (κ3) is 4.81. The standard InChI is InChI=1S/C12H13N3O.C10H15NO2/c13-10(7-8-5-6-15-12(8)14)9-3-1-2-4-11(9)16;1-2-10(12)11-6-5-9-8(11)4-3-7-13-9/h1-7,15-16H,13-14H2;2,8-9H,1,3-7H2/b10-7-;. The number of nitrogens with two attached hydrogens (primary N) is 2. The summed E-state index contributed by atoms with van der Waals surface area (Å²) in [6, 6.07) is 9.05. The number of anilines is 1. The minimum absolute atomic E-state index is 0.0537. The minimum Gasteiger partial charge on any atom is -0.507 e. The predicted octanol–water partition coefficient (Wildman–Crippen LogP) is 2.71. The second-order valence-electron chi connectivity index (χ2n) is 7.11. The molecule has 2 unspecified atom stereocenters. The number of hydrogen-bond donors (Lipinski definition) is 4. The molecule has 0 aliphatic carbocycles. The highest BCUT2D eigenvalue weighted by Gasteiger charge is 2.38. The number of nitrogens with one attached hydrogen (secondary N) is 1. The molecule has 2 fully saturated rings. The summed E-state index contributed by atoms with van der Waals surface area (Å²) in [5.41, 5.74) is 13.5. The van der Waals surface area contributed by atoms with Gasteiger partial charge < -0.3 is 31.2 Å². The van der Waals surface area contributed by atoms with Gasteiger partial charge in [0.05, 0.1) is 12.1 Å². The zero-order valence-corrected chi connectivity index (χ0v) is 16.4. The highest BCUT2D eigenvalue weighted by molar-refractivity contribution is 5.87. The smallest absolute Gasteiger partial charge is 0.246 e. The number of rotatable bonds is 3. The molecule has 0 bridgehead atoms. The Morgan fingerprint density at radius 2 is 2.10 bits per heavy atom. The molecule has 0 spiro atoms. The van der Waals surface area contributed by atoms with E-state index in [2.05, 4.69) is 11.6 Å². The summed E-state index contributed by atoms with van der Waals surface area (Å²) in [5, 5.41) is 9.62. The number of H-pyrrole nitrogens is 1. The van der Waals surface area contributed by atoms with Crippen LogP contribution in [0.1, 0.15) is 30.4 Å². The fraction of sp³-hybridized carbons (Fsp3) is 0.318. The van der Waals surface area contributed by atoms with Crippen molar-refractivity contribution in [2.75, 3.05) is 18.9 Å². The van der Waals surface area contributed by atoms with Gasteiger partial charge in [-0.1, -0.05) is 18.7 Å². The molecule has 6 N–H and O–H groups in total. The van der Waals surface area contributed by atoms with E-state index in [1.54, 1.807) is 30.5 Å². The zero-order valence-electron chi connectivity index (χ0n) is 16.4. The van der Waals surface area contributed by atoms with Crippen LogP contribution in [-0.2, 0) is 9.53 Å². The maximum Gasteiger partial charge on any atom is 0.246 e. The Morgan fingerprint density at radius 1 is 1.31 bits per heavy atom. The van der Waals surface area contributed by atoms with Crippen LogP contribution >= 0.6 is 0 Å². The Kier molecular flexibility index (Phi) is 6.61. The van der Waals surface area contributed by atoms with Gasteiger partial charge in [0.15, 0.2) is 0 Å². The number of aromatic nitrogens is 1. The molecule has 2 atom stereocenters. The number of aromatic hydroxyl groups is 1. The molecule has 7 heteroatoms. The van der Waals surface area contributed by atoms with Crippen molar-refractivity contribution >= 4 is 23.5 Å². The Labute approximate surface area is 170 Å². The first-order chi connectivity index (χ1) is 14.0. The second-order valence-corrected chi connectivity index (χ2v) is 7.11. The summed E-state index contributed by atoms with van der Waals surface area (Å²) in [4.78, 5) is 16.2. The fourth-order valence-electron chi connectivity index (χ4n) is 3.76. The van der Waals surface area contributed by atoms with Gasteiger partial charge in [0, 0.05) is 36.2 Å². The van der Waals surface area contributed by atoms with Crippen molar-refractivity contribution in [3.05, 3.63) is 60.3 Å². The topological polar surface area (TPSA) is 118 Å². The lowest BCUT2D eigenvalue weighted by molar-refractivity contribution is -0.129. The van der Waals surface area contributed by atoms with E-state index in [0.29, 0.717) is 23.1 Å². The first-order valence-corrected chi connectivity index (χ1v) is 9.74. The lowest BCUT2D eigenvalue weighted by Gasteiger charge is -2.30. The Morgan fingerprint density at radius 3 is 2.79 bits per heavy atom. The number of ether oxygens (including phenoxy) is 1. The van der Waals surface area contributed by atoms with E-state index in [1.165, 1.54) is 6.08 Å². The highest BCUT2D eigenvalue weighted by Crippen LogP contribution is 2.28. The van der Waals surface area contributed by atoms with Crippen molar-refractivity contribution < 1.29 is 14.6 Å². The first kappa shape index (κ1) is 20.5. The lowest BCUT2D eigenvalue weighted by Crippen LogP contribution is -2.42. The van der Waals surface area contributed by atoms with E-state index < -0.39 is 0 Å². The Bertz CT molecular complexity index is 890. The number of carbonyl (C=O) groups excluding carboxylic acids is 1. The van der Waals surface area contributed by atoms with Crippen LogP contribution in [0.15, 0.2) is 49.2 Å². The van der Waals surface area contributed by atoms with Gasteiger partial charge in [-0.15, -0.1) is 0 Å². The summed E-state index contributed by atoms with van der Waals surface area (Å²) in [7, 11) is 0. The number of phenolic OH excluding ortho intramolecular Hbond substituents is 1. The minimum atomic E-state index is 0.0537. The maximum atomic E-state index is 11.4. The molecule has 1 aromatic carbocycles. The van der Waals surface area contributed by atoms with Crippen LogP contribution in [0.4, 0.5) is 5.82 Å². The number of likely N-dealkylation sites (tertiary alicyclic amines) is 1. The molecule has 2 aliphatic heterocycles. The molecule has 7 nitrogen and oxygen atoms in total. The third-order valence-corrected chi connectivity index (χ3v) is 5.26. The van der Waals surface area contributed by atoms with Gasteiger partial charge in [0.1, 0.15) is 11.6 Å². The van der Waals surface area contributed by atoms with Crippen molar-refractivity contribution in [1.29, 1.82) is 0 Å². The van der Waals surface area contributed by atoms with Crippen molar-refractivity contribution in [3.63, 3.8) is 0 Å². The second kappa shape index (κ2) is 9.34. The molecule has 4 rings (SSSR count). The number of aromatic amines is 1. The van der Waals surface area contributed by atoms with Gasteiger partial charge in [-0.05, 0) is 49.6 Å². The molecule has 2 aromatic rings. The largest absolute Gasteiger partial charge is 0.507 e. The number of phenols is 1. The molecular formula is C22H28N4O3. The van der Waals surface area contributed by atoms with Crippen LogP contribution in [-0.4, -0.2) is 46.2 Å². The third-order valence-electron chi connectivity index (χ3n) is 5.26. The van der Waals surface area contributed by atoms with E-state index in [9.17, 15) is 9.90 Å². The number of hydrogen-bond acceptors (Lipinski definition) is 5. The first-order valence-electron chi connectivity index (χ1n) is 9.74. The Hall–Kier alpha value is -3.19. The highest BCUT2D eigenvalue weighted by atomic mass is 16.5. The van der Waals surface area contributed by atoms with Gasteiger partial charge in [-0.25, -0.2) is 0 Å². The number of nitrogens with zero attached hydrogens (tertiary/aromatic N) is 1. The quantitative estimate of drug-likeness (QED) is 0.595. The van der Waals surface area contributed by atoms with Crippen LogP contribution in [0.5, 0.6) is 5.75 Å². The van der Waals surface area contributed by atoms with Crippen LogP contribution in [0.25, 0.3) is 11.8 Å². The number of nitrogen functional groups attached to an aromatic ring is 1. The van der Waals surface area contributed by atoms with E-state index in [0.717, 1.165) is 38.0 Å². The van der Waals surface area contributed by atoms with Crippen molar-refractivity contribution in [3.8, 4) is 5.75 Å². The number of fused-ring (bicyclic) bond motifs is 1. The Balaban J connectivity index is 0.000000169. The number of benzene rings is 1. The molecule has 0 radical (unpaired) electrons. The molecule has 1 amide bonds. The molecular weight excluding hydrogens is 368 g/mol. The predicted molar refractivity (Wildman–Crippen MR) is 115 cm³/mol. The average Bonchev–Trinajstić information content (AvgIpc) is 3.34. The average molecular weight is 396 g/mol. The van der Waals surface area contributed by atoms with Gasteiger partial charge in [-0.3, -0.25) is 4.79 Å². The number of carbonyl (C=O) groups is 1. The monoisotopic (exact) mass is 396 g/mol. The van der Waals surface area contributed by atoms with E-state index in [4.69, 9.17) is 16.2 Å². The molecule has 2 saturated heterocycles. The maximum absolute atomic E-state index is 11.4. The summed E-state index contributed by atoms with van der Waals surface area (Å²) < 4.78 is 5.60. The fourth-order valence-corrected chi connectivity index (χ4v) is 3.76. The molecule has 0 saturated carbocycles. The van der Waals surface area contributed by atoms with E-state index >= 15 is 0 Å². The summed E-state index contributed by atoms with van der Waals surface area (Å²) in [6.07, 6.45) is 8.30. The molecule has 3 heterocycles. The number of amides is 1. The molecule has 1 aromatic heterocycles. The van der Waals surface area contributed by atoms with Gasteiger partial charge in [0.2, 0.25) is 5.91 Å². The van der Waals surface area contributed by atoms with Gasteiger partial charge in [0.25, 0.3) is 0 Å². The van der Waals surface area contributed by atoms with Crippen molar-refractivity contribution in [2.24, 2.45) is 5.73 Å². The van der Waals surface area contributed by atoms with Crippen LogP contribution < -0.4 is 11.5 Å². The van der Waals surface area contributed by atoms with Crippen LogP contribution in [0.2, 0.25) is 0 Å². The van der Waals surface area contributed by atoms with E-state index in [-0.39, 0.29) is 17.8 Å². The van der Waals surface area contributed by atoms with Gasteiger partial charge >= 0.3 is 0 Å². The van der Waals surface area contributed by atoms with Crippen LogP contribution in [0.3, 0.4) is 0 Å². The lowest BCUT2D eigenvalue weighted by atomic mass is 10.0. The van der Waals surface area contributed by atoms with Crippen LogP contribution in [0, 0.1) is 0 Å². The summed E-state index contributed by atoms with van der Waals surface area (Å²) >= 11 is 0. The molecule has 154 valence electrons. The zero-order chi connectivity index (χ0) is 20.8. The van der Waals surface area contributed by atoms with Crippen molar-refractivity contribution in [2.45, 2.75) is 31.4 Å². The van der Waals surface area contributed by atoms with Crippen molar-refractivity contribution in [1.82, 2.24) is 9.88 Å². The molecule has 29 heavy (non-hydrogen) atoms. The molecule has 2 aliphatic rings. The summed E-state index contributed by atoms with van der Waals surface area (Å²) in [6.45, 7) is 5.20. The SMILES string of the molecule is C=CC(=O)N1CCC2OCCCC21.N/C(=C\c1cc[nH]c1N)c1ccccc1O. The van der Waals surface area contributed by atoms with E-state index in [1.807, 2.05) is 17.0 Å². The van der Waals surface area contributed by atoms with Gasteiger partial charge in [-0.2, -0.15) is 0 Å². The normalized spacial score (nSPS) is 21.1. The summed E-state index contributed by atoms with van der Waals surface area (Å²) in [5.74, 6) is 0.765.